The average Bonchev–Trinajstić information content (AvgIpc) is 2.77. The van der Waals surface area contributed by atoms with Crippen LogP contribution in [0.15, 0.2) is 0 Å². The van der Waals surface area contributed by atoms with Crippen LogP contribution in [-0.4, -0.2) is 35.5 Å². The summed E-state index contributed by atoms with van der Waals surface area (Å²) in [5.41, 5.74) is 0.786. The highest BCUT2D eigenvalue weighted by atomic mass is 16.5. The van der Waals surface area contributed by atoms with Gasteiger partial charge in [-0.25, -0.2) is 0 Å². The second kappa shape index (κ2) is 4.73. The molecule has 23 heavy (non-hydrogen) atoms. The molecule has 0 aromatic carbocycles. The van der Waals surface area contributed by atoms with E-state index in [4.69, 9.17) is 4.74 Å². The molecule has 0 aromatic rings. The second-order valence-electron chi connectivity index (χ2n) is 9.51. The van der Waals surface area contributed by atoms with Gasteiger partial charge in [0, 0.05) is 18.5 Å². The van der Waals surface area contributed by atoms with Gasteiger partial charge >= 0.3 is 5.97 Å². The van der Waals surface area contributed by atoms with Crippen molar-refractivity contribution in [2.75, 3.05) is 13.2 Å². The third-order valence-corrected chi connectivity index (χ3v) is 6.91. The summed E-state index contributed by atoms with van der Waals surface area (Å²) in [5, 5.41) is 0. The summed E-state index contributed by atoms with van der Waals surface area (Å²) in [4.78, 5) is 26.9. The average molecular weight is 319 g/mol. The number of hydrogen-bond acceptors (Lipinski definition) is 3. The summed E-state index contributed by atoms with van der Waals surface area (Å²) in [6.45, 7) is 7.65. The molecule has 1 aliphatic heterocycles. The van der Waals surface area contributed by atoms with Crippen LogP contribution in [0.5, 0.6) is 0 Å². The fraction of sp³-hybridized carbons (Fsp3) is 0.895. The van der Waals surface area contributed by atoms with E-state index < -0.39 is 0 Å². The second-order valence-corrected chi connectivity index (χ2v) is 9.51. The van der Waals surface area contributed by atoms with Gasteiger partial charge in [0.15, 0.2) is 0 Å². The van der Waals surface area contributed by atoms with Gasteiger partial charge in [0.05, 0.1) is 12.5 Å². The van der Waals surface area contributed by atoms with Gasteiger partial charge in [-0.2, -0.15) is 0 Å². The van der Waals surface area contributed by atoms with E-state index in [1.165, 1.54) is 19.3 Å². The lowest BCUT2D eigenvalue weighted by atomic mass is 9.42. The van der Waals surface area contributed by atoms with Crippen LogP contribution in [-0.2, 0) is 14.3 Å². The summed E-state index contributed by atoms with van der Waals surface area (Å²) in [6, 6.07) is 0. The maximum absolute atomic E-state index is 12.7. The Hall–Kier alpha value is -1.06. The van der Waals surface area contributed by atoms with Crippen LogP contribution in [0.4, 0.5) is 0 Å². The van der Waals surface area contributed by atoms with Gasteiger partial charge in [-0.05, 0) is 62.2 Å². The summed E-state index contributed by atoms with van der Waals surface area (Å²) in [5.74, 6) is 0.495. The van der Waals surface area contributed by atoms with Crippen molar-refractivity contribution in [3.05, 3.63) is 0 Å². The Labute approximate surface area is 138 Å². The highest BCUT2D eigenvalue weighted by Crippen LogP contribution is 2.68. The van der Waals surface area contributed by atoms with Gasteiger partial charge in [-0.15, -0.1) is 0 Å². The predicted molar refractivity (Wildman–Crippen MR) is 86.6 cm³/mol. The molecule has 1 saturated heterocycles. The number of hydrogen-bond donors (Lipinski definition) is 0. The minimum atomic E-state index is -0.254. The molecule has 0 N–H and O–H groups in total. The molecule has 5 rings (SSSR count). The zero-order chi connectivity index (χ0) is 16.5. The molecule has 1 heterocycles. The normalized spacial score (nSPS) is 48.1. The minimum Gasteiger partial charge on any atom is -0.466 e. The van der Waals surface area contributed by atoms with Gasteiger partial charge in [0.25, 0.3) is 0 Å². The molecule has 4 bridgehead atoms. The zero-order valence-corrected chi connectivity index (χ0v) is 14.7. The highest BCUT2D eigenvalue weighted by Gasteiger charge is 2.63. The molecule has 1 amide bonds. The molecular weight excluding hydrogens is 290 g/mol. The van der Waals surface area contributed by atoms with Gasteiger partial charge in [0.2, 0.25) is 5.91 Å². The molecule has 0 aromatic heterocycles. The Morgan fingerprint density at radius 2 is 1.83 bits per heavy atom. The van der Waals surface area contributed by atoms with E-state index in [1.54, 1.807) is 0 Å². The Balaban J connectivity index is 1.60. The third-order valence-electron chi connectivity index (χ3n) is 6.91. The Morgan fingerprint density at radius 3 is 2.39 bits per heavy atom. The summed E-state index contributed by atoms with van der Waals surface area (Å²) in [7, 11) is 0. The van der Waals surface area contributed by atoms with Crippen molar-refractivity contribution < 1.29 is 14.3 Å². The number of ether oxygens (including phenoxy) is 1. The van der Waals surface area contributed by atoms with E-state index >= 15 is 0 Å². The molecule has 5 aliphatic rings. The van der Waals surface area contributed by atoms with Gasteiger partial charge in [0.1, 0.15) is 0 Å². The molecule has 4 heteroatoms. The van der Waals surface area contributed by atoms with Crippen molar-refractivity contribution >= 4 is 11.9 Å². The molecule has 4 aliphatic carbocycles. The van der Waals surface area contributed by atoms with E-state index in [0.717, 1.165) is 25.2 Å². The maximum Gasteiger partial charge on any atom is 0.311 e. The first-order valence-corrected chi connectivity index (χ1v) is 9.24. The molecule has 0 unspecified atom stereocenters. The number of rotatable bonds is 3. The van der Waals surface area contributed by atoms with Gasteiger partial charge in [-0.1, -0.05) is 13.8 Å². The Bertz CT molecular complexity index is 539. The summed E-state index contributed by atoms with van der Waals surface area (Å²) < 4.78 is 5.16. The summed E-state index contributed by atoms with van der Waals surface area (Å²) >= 11 is 0. The van der Waals surface area contributed by atoms with Gasteiger partial charge < -0.3 is 9.64 Å². The van der Waals surface area contributed by atoms with Crippen molar-refractivity contribution in [1.82, 2.24) is 4.90 Å². The lowest BCUT2D eigenvalue weighted by Crippen LogP contribution is -2.65. The molecule has 0 spiro atoms. The topological polar surface area (TPSA) is 46.6 Å². The van der Waals surface area contributed by atoms with Crippen LogP contribution in [0.1, 0.15) is 65.7 Å². The van der Waals surface area contributed by atoms with E-state index in [1.807, 2.05) is 6.92 Å². The first-order chi connectivity index (χ1) is 10.8. The first kappa shape index (κ1) is 15.5. The van der Waals surface area contributed by atoms with E-state index in [-0.39, 0.29) is 23.3 Å². The van der Waals surface area contributed by atoms with Crippen LogP contribution in [0.2, 0.25) is 0 Å². The monoisotopic (exact) mass is 319 g/mol. The molecule has 4 nitrogen and oxygen atoms in total. The molecule has 5 fully saturated rings. The Morgan fingerprint density at radius 1 is 1.17 bits per heavy atom. The number of carbonyl (C=O) groups excluding carboxylic acids is 2. The Kier molecular flexibility index (Phi) is 3.18. The van der Waals surface area contributed by atoms with Crippen LogP contribution in [0, 0.1) is 22.7 Å². The van der Waals surface area contributed by atoms with Crippen molar-refractivity contribution in [2.45, 2.75) is 71.3 Å². The standard InChI is InChI=1S/C19H29NO3/c1-4-23-16(22)14-5-15(21)20(9-14)19-8-13-6-17(2,11-19)10-18(3,7-13)12-19/h13-14H,4-12H2,1-3H3/t13?,14-,17+,18+,19?/m0/s1. The van der Waals surface area contributed by atoms with Crippen molar-refractivity contribution in [2.24, 2.45) is 22.7 Å². The smallest absolute Gasteiger partial charge is 0.311 e. The van der Waals surface area contributed by atoms with Crippen LogP contribution in [0.3, 0.4) is 0 Å². The fourth-order valence-corrected chi connectivity index (χ4v) is 7.27. The quantitative estimate of drug-likeness (QED) is 0.751. The van der Waals surface area contributed by atoms with E-state index in [9.17, 15) is 9.59 Å². The SMILES string of the molecule is CCOC(=O)[C@H]1CC(=O)N(C23CC4C[C@@](C)(C2)C[C@@](C)(C4)C3)C1. The number of amides is 1. The maximum atomic E-state index is 12.7. The van der Waals surface area contributed by atoms with Crippen LogP contribution >= 0.6 is 0 Å². The van der Waals surface area contributed by atoms with Crippen molar-refractivity contribution in [1.29, 1.82) is 0 Å². The fourth-order valence-electron chi connectivity index (χ4n) is 7.27. The molecule has 3 atom stereocenters. The lowest BCUT2D eigenvalue weighted by molar-refractivity contribution is -0.170. The zero-order valence-electron chi connectivity index (χ0n) is 14.7. The minimum absolute atomic E-state index is 0.0151. The van der Waals surface area contributed by atoms with Crippen molar-refractivity contribution in [3.8, 4) is 0 Å². The van der Waals surface area contributed by atoms with Crippen molar-refractivity contribution in [3.63, 3.8) is 0 Å². The number of carbonyl (C=O) groups is 2. The summed E-state index contributed by atoms with van der Waals surface area (Å²) in [6.07, 6.45) is 7.72. The number of likely N-dealkylation sites (tertiary alicyclic amines) is 1. The predicted octanol–water partition coefficient (Wildman–Crippen LogP) is 3.15. The largest absolute Gasteiger partial charge is 0.466 e. The lowest BCUT2D eigenvalue weighted by Gasteiger charge is -2.67. The number of nitrogens with zero attached hydrogens (tertiary/aromatic N) is 1. The van der Waals surface area contributed by atoms with Crippen LogP contribution < -0.4 is 0 Å². The third kappa shape index (κ3) is 2.32. The van der Waals surface area contributed by atoms with Crippen LogP contribution in [0.25, 0.3) is 0 Å². The number of esters is 1. The molecule has 4 saturated carbocycles. The molecular formula is C19H29NO3. The highest BCUT2D eigenvalue weighted by molar-refractivity contribution is 5.87. The molecule has 128 valence electrons. The first-order valence-electron chi connectivity index (χ1n) is 9.24. The van der Waals surface area contributed by atoms with E-state index in [0.29, 0.717) is 30.4 Å². The van der Waals surface area contributed by atoms with Gasteiger partial charge in [-0.3, -0.25) is 9.59 Å². The molecule has 0 radical (unpaired) electrons. The van der Waals surface area contributed by atoms with E-state index in [2.05, 4.69) is 18.7 Å².